The third-order valence-electron chi connectivity index (χ3n) is 5.48. The van der Waals surface area contributed by atoms with Gasteiger partial charge >= 0.3 is 0 Å². The Kier molecular flexibility index (Phi) is 4.88. The lowest BCUT2D eigenvalue weighted by atomic mass is 10.00. The highest BCUT2D eigenvalue weighted by atomic mass is 16.5. The zero-order valence-corrected chi connectivity index (χ0v) is 16.1. The van der Waals surface area contributed by atoms with E-state index < -0.39 is 0 Å². The number of aromatic nitrogens is 1. The molecule has 0 radical (unpaired) electrons. The molecular formula is C21H23N5O2. The van der Waals surface area contributed by atoms with Gasteiger partial charge in [0.05, 0.1) is 29.2 Å². The highest BCUT2D eigenvalue weighted by Gasteiger charge is 2.38. The van der Waals surface area contributed by atoms with Crippen LogP contribution in [0.4, 0.5) is 22.9 Å². The minimum atomic E-state index is -0.231. The van der Waals surface area contributed by atoms with Gasteiger partial charge in [0.2, 0.25) is 5.91 Å². The number of anilines is 4. The lowest BCUT2D eigenvalue weighted by Gasteiger charge is -2.45. The fraction of sp³-hybridized carbons (Fsp3) is 0.381. The molecule has 1 aromatic carbocycles. The van der Waals surface area contributed by atoms with Crippen molar-refractivity contribution in [3.8, 4) is 6.07 Å². The number of hydrogen-bond acceptors (Lipinski definition) is 6. The molecule has 1 aromatic heterocycles. The van der Waals surface area contributed by atoms with Crippen LogP contribution >= 0.6 is 0 Å². The number of hydrogen-bond donors (Lipinski definition) is 1. The Hall–Kier alpha value is -3.11. The van der Waals surface area contributed by atoms with Crippen LogP contribution in [-0.2, 0) is 9.53 Å². The second-order valence-electron chi connectivity index (χ2n) is 7.20. The van der Waals surface area contributed by atoms with E-state index in [1.54, 1.807) is 30.3 Å². The number of nitriles is 1. The van der Waals surface area contributed by atoms with Crippen molar-refractivity contribution in [1.82, 2.24) is 4.98 Å². The first kappa shape index (κ1) is 18.3. The Bertz CT molecular complexity index is 915. The fourth-order valence-electron chi connectivity index (χ4n) is 3.95. The van der Waals surface area contributed by atoms with Crippen LogP contribution in [0.5, 0.6) is 0 Å². The average molecular weight is 377 g/mol. The van der Waals surface area contributed by atoms with E-state index in [-0.39, 0.29) is 18.0 Å². The van der Waals surface area contributed by atoms with E-state index in [0.717, 1.165) is 29.9 Å². The summed E-state index contributed by atoms with van der Waals surface area (Å²) in [4.78, 5) is 21.2. The molecule has 28 heavy (non-hydrogen) atoms. The number of nitrogens with one attached hydrogen (secondary N) is 1. The maximum absolute atomic E-state index is 12.8. The molecule has 1 fully saturated rings. The number of pyridine rings is 1. The minimum absolute atomic E-state index is 0.0774. The monoisotopic (exact) mass is 377 g/mol. The van der Waals surface area contributed by atoms with Crippen molar-refractivity contribution in [2.24, 2.45) is 0 Å². The lowest BCUT2D eigenvalue weighted by Crippen LogP contribution is -2.55. The first-order valence-electron chi connectivity index (χ1n) is 9.49. The van der Waals surface area contributed by atoms with Crippen molar-refractivity contribution in [3.05, 3.63) is 42.1 Å². The summed E-state index contributed by atoms with van der Waals surface area (Å²) in [7, 11) is 1.80. The zero-order valence-electron chi connectivity index (χ0n) is 16.1. The largest absolute Gasteiger partial charge is 0.381 e. The van der Waals surface area contributed by atoms with E-state index in [2.05, 4.69) is 21.3 Å². The molecule has 144 valence electrons. The predicted molar refractivity (Wildman–Crippen MR) is 108 cm³/mol. The highest BCUT2D eigenvalue weighted by molar-refractivity contribution is 6.05. The van der Waals surface area contributed by atoms with Gasteiger partial charge in [-0.2, -0.15) is 5.26 Å². The minimum Gasteiger partial charge on any atom is -0.381 e. The Balaban J connectivity index is 1.68. The molecule has 2 aromatic rings. The summed E-state index contributed by atoms with van der Waals surface area (Å²) in [5.41, 5.74) is 3.30. The van der Waals surface area contributed by atoms with Crippen molar-refractivity contribution in [3.63, 3.8) is 0 Å². The number of ether oxygens (including phenoxy) is 1. The van der Waals surface area contributed by atoms with E-state index in [4.69, 9.17) is 10.00 Å². The summed E-state index contributed by atoms with van der Waals surface area (Å²) in [6.45, 7) is 3.40. The average Bonchev–Trinajstić information content (AvgIpc) is 2.73. The number of nitrogens with zero attached hydrogens (tertiary/aromatic N) is 4. The molecule has 1 amide bonds. The Morgan fingerprint density at radius 1 is 1.21 bits per heavy atom. The number of carbonyl (C=O) groups is 1. The summed E-state index contributed by atoms with van der Waals surface area (Å²) >= 11 is 0. The molecule has 1 saturated heterocycles. The summed E-state index contributed by atoms with van der Waals surface area (Å²) in [5.74, 6) is 0.782. The summed E-state index contributed by atoms with van der Waals surface area (Å²) in [6.07, 6.45) is 3.56. The van der Waals surface area contributed by atoms with Crippen molar-refractivity contribution >= 4 is 28.8 Å². The van der Waals surface area contributed by atoms with Gasteiger partial charge in [0.25, 0.3) is 0 Å². The van der Waals surface area contributed by atoms with Crippen LogP contribution < -0.4 is 15.1 Å². The van der Waals surface area contributed by atoms with Gasteiger partial charge in [-0.1, -0.05) is 0 Å². The molecule has 0 aliphatic carbocycles. The van der Waals surface area contributed by atoms with Crippen LogP contribution in [0.1, 0.15) is 25.3 Å². The molecule has 1 unspecified atom stereocenters. The van der Waals surface area contributed by atoms with Crippen molar-refractivity contribution in [2.75, 3.05) is 35.4 Å². The first-order chi connectivity index (χ1) is 13.6. The predicted octanol–water partition coefficient (Wildman–Crippen LogP) is 3.05. The van der Waals surface area contributed by atoms with Gasteiger partial charge in [-0.3, -0.25) is 4.79 Å². The number of fused-ring (bicyclic) bond motifs is 1. The van der Waals surface area contributed by atoms with Gasteiger partial charge in [0, 0.05) is 38.1 Å². The quantitative estimate of drug-likeness (QED) is 0.885. The molecule has 7 nitrogen and oxygen atoms in total. The molecule has 4 rings (SSSR count). The van der Waals surface area contributed by atoms with Crippen LogP contribution in [0.3, 0.4) is 0 Å². The van der Waals surface area contributed by atoms with E-state index in [9.17, 15) is 4.79 Å². The Morgan fingerprint density at radius 2 is 1.93 bits per heavy atom. The normalized spacial score (nSPS) is 19.9. The van der Waals surface area contributed by atoms with Gasteiger partial charge in [0.1, 0.15) is 11.9 Å². The summed E-state index contributed by atoms with van der Waals surface area (Å²) in [5, 5.41) is 12.2. The molecule has 7 heteroatoms. The van der Waals surface area contributed by atoms with Crippen LogP contribution in [-0.4, -0.2) is 43.2 Å². The van der Waals surface area contributed by atoms with Crippen LogP contribution in [0, 0.1) is 11.3 Å². The maximum atomic E-state index is 12.8. The summed E-state index contributed by atoms with van der Waals surface area (Å²) < 4.78 is 5.51. The van der Waals surface area contributed by atoms with Crippen LogP contribution in [0.25, 0.3) is 0 Å². The zero-order chi connectivity index (χ0) is 19.7. The third kappa shape index (κ3) is 3.27. The molecule has 2 aliphatic rings. The second-order valence-corrected chi connectivity index (χ2v) is 7.20. The van der Waals surface area contributed by atoms with Gasteiger partial charge in [-0.05, 0) is 44.0 Å². The maximum Gasteiger partial charge on any atom is 0.249 e. The molecule has 0 bridgehead atoms. The van der Waals surface area contributed by atoms with E-state index >= 15 is 0 Å². The van der Waals surface area contributed by atoms with E-state index in [1.807, 2.05) is 25.1 Å². The SMILES string of the molecule is CC1C(=O)N(C)c2cnc(Nc3ccc(C#N)cc3)cc2N1C1CCOCC1. The molecular weight excluding hydrogens is 354 g/mol. The van der Waals surface area contributed by atoms with Gasteiger partial charge in [-0.15, -0.1) is 0 Å². The topological polar surface area (TPSA) is 81.5 Å². The highest BCUT2D eigenvalue weighted by Crippen LogP contribution is 2.39. The fourth-order valence-corrected chi connectivity index (χ4v) is 3.95. The Labute approximate surface area is 164 Å². The number of amides is 1. The summed E-state index contributed by atoms with van der Waals surface area (Å²) in [6, 6.07) is 11.4. The molecule has 1 atom stereocenters. The van der Waals surface area contributed by atoms with Gasteiger partial charge in [0.15, 0.2) is 0 Å². The standard InChI is InChI=1S/C21H23N5O2/c1-14-21(27)25(2)19-13-23-20(24-16-5-3-15(12-22)4-6-16)11-18(19)26(14)17-7-9-28-10-8-17/h3-6,11,13-14,17H,7-10H2,1-2H3,(H,23,24). The third-order valence-corrected chi connectivity index (χ3v) is 5.48. The van der Waals surface area contributed by atoms with Crippen molar-refractivity contribution < 1.29 is 9.53 Å². The van der Waals surface area contributed by atoms with Crippen molar-refractivity contribution in [1.29, 1.82) is 5.26 Å². The van der Waals surface area contributed by atoms with Crippen LogP contribution in [0.15, 0.2) is 36.5 Å². The Morgan fingerprint density at radius 3 is 2.61 bits per heavy atom. The van der Waals surface area contributed by atoms with Crippen LogP contribution in [0.2, 0.25) is 0 Å². The van der Waals surface area contributed by atoms with E-state index in [0.29, 0.717) is 24.6 Å². The molecule has 0 spiro atoms. The smallest absolute Gasteiger partial charge is 0.249 e. The van der Waals surface area contributed by atoms with Crippen molar-refractivity contribution in [2.45, 2.75) is 31.8 Å². The van der Waals surface area contributed by atoms with Gasteiger partial charge in [-0.25, -0.2) is 4.98 Å². The molecule has 1 N–H and O–H groups in total. The molecule has 3 heterocycles. The molecule has 0 saturated carbocycles. The second kappa shape index (κ2) is 7.49. The molecule has 2 aliphatic heterocycles. The lowest BCUT2D eigenvalue weighted by molar-refractivity contribution is -0.119. The number of benzene rings is 1. The number of rotatable bonds is 3. The first-order valence-corrected chi connectivity index (χ1v) is 9.49. The van der Waals surface area contributed by atoms with E-state index in [1.165, 1.54) is 0 Å². The number of carbonyl (C=O) groups excluding carboxylic acids is 1. The van der Waals surface area contributed by atoms with Gasteiger partial charge < -0.3 is 19.9 Å². The number of likely N-dealkylation sites (N-methyl/N-ethyl adjacent to an activating group) is 1.